The molecule has 12 heteroatoms. The Hall–Kier alpha value is -1.24. The molecule has 0 saturated heterocycles. The SMILES string of the molecule is O=C(O)C(O)C(O)C(=O)OC(C(=O)O)C(O)C(=O)O.[H-].[Na+]. The molecule has 110 valence electrons. The molecule has 0 aliphatic rings. The number of aliphatic hydroxyl groups is 3. The molecule has 0 radical (unpaired) electrons. The van der Waals surface area contributed by atoms with Gasteiger partial charge in [0.1, 0.15) is 0 Å². The minimum atomic E-state index is -2.64. The first-order valence-electron chi connectivity index (χ1n) is 4.52. The fourth-order valence-corrected chi connectivity index (χ4v) is 0.838. The molecule has 4 atom stereocenters. The summed E-state index contributed by atoms with van der Waals surface area (Å²) in [6.07, 6.45) is -10.4. The van der Waals surface area contributed by atoms with E-state index in [0.717, 1.165) is 0 Å². The summed E-state index contributed by atoms with van der Waals surface area (Å²) in [5, 5.41) is 51.8. The number of rotatable bonds is 7. The molecule has 0 fully saturated rings. The van der Waals surface area contributed by atoms with Crippen molar-refractivity contribution in [2.45, 2.75) is 24.4 Å². The summed E-state index contributed by atoms with van der Waals surface area (Å²) in [4.78, 5) is 42.2. The third-order valence-corrected chi connectivity index (χ3v) is 1.82. The average molecular weight is 306 g/mol. The molecule has 0 bridgehead atoms. The Kier molecular flexibility index (Phi) is 9.31. The largest absolute Gasteiger partial charge is 1.00 e. The van der Waals surface area contributed by atoms with Crippen molar-refractivity contribution in [2.24, 2.45) is 0 Å². The standard InChI is InChI=1S/C8H10O11.Na.H/c9-1(5(12)13)2(10)8(18)19-4(7(16)17)3(11)6(14)15;;/h1-4,9-11H,(H,12,13)(H,14,15)(H,16,17);;/q;+1;-1. The van der Waals surface area contributed by atoms with Gasteiger partial charge in [-0.3, -0.25) is 0 Å². The first kappa shape index (κ1) is 21.1. The van der Waals surface area contributed by atoms with Gasteiger partial charge in [0, 0.05) is 0 Å². The minimum Gasteiger partial charge on any atom is -1.00 e. The third kappa shape index (κ3) is 5.81. The van der Waals surface area contributed by atoms with Crippen LogP contribution in [-0.4, -0.2) is 78.9 Å². The van der Waals surface area contributed by atoms with Crippen molar-refractivity contribution in [3.63, 3.8) is 0 Å². The summed E-state index contributed by atoms with van der Waals surface area (Å²) in [6.45, 7) is 0. The number of carbonyl (C=O) groups excluding carboxylic acids is 1. The number of carbonyl (C=O) groups is 4. The van der Waals surface area contributed by atoms with Crippen LogP contribution in [0.4, 0.5) is 0 Å². The van der Waals surface area contributed by atoms with Crippen molar-refractivity contribution >= 4 is 23.9 Å². The number of aliphatic carboxylic acids is 3. The molecule has 0 heterocycles. The predicted molar refractivity (Wildman–Crippen MR) is 51.9 cm³/mol. The second-order valence-corrected chi connectivity index (χ2v) is 3.21. The zero-order valence-corrected chi connectivity index (χ0v) is 12.0. The summed E-state index contributed by atoms with van der Waals surface area (Å²) in [5.41, 5.74) is 0. The molecule has 0 rings (SSSR count). The van der Waals surface area contributed by atoms with Crippen molar-refractivity contribution < 1.29 is 85.5 Å². The molecule has 0 aliphatic heterocycles. The molecule has 20 heavy (non-hydrogen) atoms. The van der Waals surface area contributed by atoms with E-state index in [1.54, 1.807) is 0 Å². The summed E-state index contributed by atoms with van der Waals surface area (Å²) in [6, 6.07) is 0. The van der Waals surface area contributed by atoms with Crippen LogP contribution in [0.2, 0.25) is 0 Å². The van der Waals surface area contributed by atoms with Crippen LogP contribution in [0.3, 0.4) is 0 Å². The van der Waals surface area contributed by atoms with Gasteiger partial charge in [-0.25, -0.2) is 19.2 Å². The van der Waals surface area contributed by atoms with Crippen LogP contribution in [-0.2, 0) is 23.9 Å². The molecule has 0 aromatic carbocycles. The molecule has 0 aliphatic carbocycles. The first-order valence-corrected chi connectivity index (χ1v) is 4.52. The molecule has 0 amide bonds. The van der Waals surface area contributed by atoms with Crippen LogP contribution in [0.25, 0.3) is 0 Å². The number of aliphatic hydroxyl groups excluding tert-OH is 3. The number of hydrogen-bond acceptors (Lipinski definition) is 8. The van der Waals surface area contributed by atoms with E-state index >= 15 is 0 Å². The summed E-state index contributed by atoms with van der Waals surface area (Å²) in [5.74, 6) is -7.97. The van der Waals surface area contributed by atoms with Crippen molar-refractivity contribution in [1.82, 2.24) is 0 Å². The van der Waals surface area contributed by atoms with Crippen molar-refractivity contribution in [1.29, 1.82) is 0 Å². The Balaban J connectivity index is -0.00000162. The second kappa shape index (κ2) is 8.84. The van der Waals surface area contributed by atoms with Gasteiger partial charge in [0.2, 0.25) is 6.10 Å². The number of carboxylic acids is 3. The van der Waals surface area contributed by atoms with Gasteiger partial charge in [0.05, 0.1) is 0 Å². The first-order chi connectivity index (χ1) is 8.59. The van der Waals surface area contributed by atoms with Gasteiger partial charge < -0.3 is 36.8 Å². The van der Waals surface area contributed by atoms with Crippen LogP contribution in [0.5, 0.6) is 0 Å². The number of hydrogen-bond donors (Lipinski definition) is 6. The predicted octanol–water partition coefficient (Wildman–Crippen LogP) is -6.65. The summed E-state index contributed by atoms with van der Waals surface area (Å²) in [7, 11) is 0. The molecule has 6 N–H and O–H groups in total. The monoisotopic (exact) mass is 306 g/mol. The Labute approximate surface area is 134 Å². The van der Waals surface area contributed by atoms with Crippen LogP contribution < -0.4 is 29.6 Å². The fraction of sp³-hybridized carbons (Fsp3) is 0.500. The number of carboxylic acid groups (broad SMARTS) is 3. The topological polar surface area (TPSA) is 199 Å². The third-order valence-electron chi connectivity index (χ3n) is 1.82. The Morgan fingerprint density at radius 2 is 1.15 bits per heavy atom. The van der Waals surface area contributed by atoms with Crippen molar-refractivity contribution in [3.8, 4) is 0 Å². The van der Waals surface area contributed by atoms with E-state index in [2.05, 4.69) is 4.74 Å². The van der Waals surface area contributed by atoms with Gasteiger partial charge in [-0.05, 0) is 0 Å². The number of esters is 1. The van der Waals surface area contributed by atoms with Crippen LogP contribution >= 0.6 is 0 Å². The van der Waals surface area contributed by atoms with Crippen molar-refractivity contribution in [2.75, 3.05) is 0 Å². The quantitative estimate of drug-likeness (QED) is 0.193. The van der Waals surface area contributed by atoms with Crippen LogP contribution in [0.1, 0.15) is 1.43 Å². The fourth-order valence-electron chi connectivity index (χ4n) is 0.838. The van der Waals surface area contributed by atoms with E-state index in [-0.39, 0.29) is 31.0 Å². The van der Waals surface area contributed by atoms with Crippen LogP contribution in [0, 0.1) is 0 Å². The summed E-state index contributed by atoms with van der Waals surface area (Å²) < 4.78 is 3.93. The maximum atomic E-state index is 11.1. The Bertz CT molecular complexity index is 400. The normalized spacial score (nSPS) is 15.9. The van der Waals surface area contributed by atoms with E-state index < -0.39 is 48.3 Å². The van der Waals surface area contributed by atoms with Gasteiger partial charge in [0.15, 0.2) is 18.3 Å². The molecule has 0 spiro atoms. The van der Waals surface area contributed by atoms with E-state index in [1.165, 1.54) is 0 Å². The van der Waals surface area contributed by atoms with E-state index in [0.29, 0.717) is 0 Å². The molecule has 0 saturated carbocycles. The van der Waals surface area contributed by atoms with E-state index in [9.17, 15) is 19.2 Å². The molecular weight excluding hydrogens is 295 g/mol. The molecule has 11 nitrogen and oxygen atoms in total. The van der Waals surface area contributed by atoms with Gasteiger partial charge >= 0.3 is 53.4 Å². The van der Waals surface area contributed by atoms with Gasteiger partial charge in [-0.15, -0.1) is 0 Å². The van der Waals surface area contributed by atoms with Gasteiger partial charge in [0.25, 0.3) is 0 Å². The smallest absolute Gasteiger partial charge is 1.00 e. The summed E-state index contributed by atoms with van der Waals surface area (Å²) >= 11 is 0. The van der Waals surface area contributed by atoms with Gasteiger partial charge in [-0.2, -0.15) is 0 Å². The molecule has 0 aromatic heterocycles. The van der Waals surface area contributed by atoms with E-state index in [1.807, 2.05) is 0 Å². The minimum absolute atomic E-state index is 0. The average Bonchev–Trinajstić information content (AvgIpc) is 2.31. The van der Waals surface area contributed by atoms with E-state index in [4.69, 9.17) is 30.6 Å². The van der Waals surface area contributed by atoms with Crippen molar-refractivity contribution in [3.05, 3.63) is 0 Å². The zero-order valence-electron chi connectivity index (χ0n) is 11.0. The maximum absolute atomic E-state index is 11.1. The zero-order chi connectivity index (χ0) is 15.3. The molecule has 4 unspecified atom stereocenters. The molecule has 0 aromatic rings. The number of ether oxygens (including phenoxy) is 1. The second-order valence-electron chi connectivity index (χ2n) is 3.21. The maximum Gasteiger partial charge on any atom is 1.00 e. The molecular formula is C8H11NaO11. The van der Waals surface area contributed by atoms with Gasteiger partial charge in [-0.1, -0.05) is 0 Å². The Morgan fingerprint density at radius 1 is 0.750 bits per heavy atom. The van der Waals surface area contributed by atoms with Crippen LogP contribution in [0.15, 0.2) is 0 Å². The Morgan fingerprint density at radius 3 is 1.45 bits per heavy atom.